The van der Waals surface area contributed by atoms with Gasteiger partial charge in [-0.15, -0.1) is 0 Å². The van der Waals surface area contributed by atoms with Crippen LogP contribution in [0.2, 0.25) is 0 Å². The van der Waals surface area contributed by atoms with Crippen LogP contribution in [0.5, 0.6) is 0 Å². The maximum Gasteiger partial charge on any atom is 0.252 e. The third-order valence-electron chi connectivity index (χ3n) is 5.20. The summed E-state index contributed by atoms with van der Waals surface area (Å²) in [7, 11) is 0. The van der Waals surface area contributed by atoms with E-state index in [1.165, 1.54) is 0 Å². The number of nitrogens with zero attached hydrogens (tertiary/aromatic N) is 4. The van der Waals surface area contributed by atoms with Gasteiger partial charge in [0.2, 0.25) is 0 Å². The van der Waals surface area contributed by atoms with Gasteiger partial charge in [-0.1, -0.05) is 18.2 Å². The second kappa shape index (κ2) is 8.34. The summed E-state index contributed by atoms with van der Waals surface area (Å²) in [6.07, 6.45) is 8.06. The largest absolute Gasteiger partial charge is 0.364 e. The average molecular weight is 388 g/mol. The number of rotatable bonds is 5. The first kappa shape index (κ1) is 19.0. The third-order valence-corrected chi connectivity index (χ3v) is 5.20. The van der Waals surface area contributed by atoms with Gasteiger partial charge in [-0.25, -0.2) is 15.0 Å². The number of carbonyl (C=O) groups is 1. The number of aromatic nitrogens is 4. The summed E-state index contributed by atoms with van der Waals surface area (Å²) in [6.45, 7) is 3.87. The normalized spacial score (nSPS) is 18.4. The van der Waals surface area contributed by atoms with Gasteiger partial charge in [0.25, 0.3) is 5.91 Å². The minimum Gasteiger partial charge on any atom is -0.364 e. The van der Waals surface area contributed by atoms with Crippen LogP contribution in [0.4, 0.5) is 5.82 Å². The number of amides is 1. The topological polar surface area (TPSA) is 92.7 Å². The van der Waals surface area contributed by atoms with E-state index in [4.69, 9.17) is 0 Å². The molecule has 1 aliphatic rings. The Balaban J connectivity index is 1.51. The first-order chi connectivity index (χ1) is 14.1. The highest BCUT2D eigenvalue weighted by Crippen LogP contribution is 2.25. The van der Waals surface area contributed by atoms with Crippen LogP contribution >= 0.6 is 0 Å². The molecule has 0 bridgehead atoms. The van der Waals surface area contributed by atoms with Crippen molar-refractivity contribution in [2.24, 2.45) is 0 Å². The van der Waals surface area contributed by atoms with Crippen molar-refractivity contribution in [3.8, 4) is 11.4 Å². The summed E-state index contributed by atoms with van der Waals surface area (Å²) in [5.41, 5.74) is 3.07. The van der Waals surface area contributed by atoms with E-state index in [1.54, 1.807) is 24.7 Å². The number of carbonyl (C=O) groups excluding carboxylic acids is 1. The first-order valence-corrected chi connectivity index (χ1v) is 9.86. The minimum absolute atomic E-state index is 0.0229. The van der Waals surface area contributed by atoms with Gasteiger partial charge in [0.05, 0.1) is 23.1 Å². The van der Waals surface area contributed by atoms with Crippen molar-refractivity contribution >= 4 is 11.7 Å². The molecule has 1 aromatic carbocycles. The molecule has 7 heteroatoms. The molecule has 0 spiro atoms. The number of hydrogen-bond donors (Lipinski definition) is 2. The summed E-state index contributed by atoms with van der Waals surface area (Å²) >= 11 is 0. The smallest absolute Gasteiger partial charge is 0.252 e. The molecule has 0 unspecified atom stereocenters. The summed E-state index contributed by atoms with van der Waals surface area (Å²) in [4.78, 5) is 30.6. The Morgan fingerprint density at radius 3 is 2.55 bits per heavy atom. The number of anilines is 1. The van der Waals surface area contributed by atoms with Crippen molar-refractivity contribution in [3.05, 3.63) is 65.9 Å². The highest BCUT2D eigenvalue weighted by Gasteiger charge is 2.30. The molecule has 1 amide bonds. The van der Waals surface area contributed by atoms with Crippen LogP contribution in [0.3, 0.4) is 0 Å². The molecule has 2 atom stereocenters. The Labute approximate surface area is 170 Å². The van der Waals surface area contributed by atoms with Crippen LogP contribution in [-0.2, 0) is 0 Å². The summed E-state index contributed by atoms with van der Waals surface area (Å²) in [5, 5.41) is 6.68. The molecule has 0 saturated heterocycles. The first-order valence-electron chi connectivity index (χ1n) is 9.86. The zero-order chi connectivity index (χ0) is 20.2. The fraction of sp³-hybridized carbons (Fsp3) is 0.318. The summed E-state index contributed by atoms with van der Waals surface area (Å²) < 4.78 is 0. The van der Waals surface area contributed by atoms with Crippen LogP contribution < -0.4 is 10.6 Å². The molecule has 1 saturated carbocycles. The molecule has 2 aromatic heterocycles. The monoisotopic (exact) mass is 388 g/mol. The standard InChI is InChI=1S/C22H24N6O/c1-14-13-25-20(15(2)26-14)27-18-9-5-10-19(18)28-22(29)17-8-4-3-7-16(17)21-23-11-6-12-24-21/h3-4,6-8,11-13,18-19H,5,9-10H2,1-2H3,(H,25,27)(H,28,29)/t18-,19-/m0/s1. The van der Waals surface area contributed by atoms with E-state index in [9.17, 15) is 4.79 Å². The van der Waals surface area contributed by atoms with E-state index >= 15 is 0 Å². The molecule has 0 aliphatic heterocycles. The molecular weight excluding hydrogens is 364 g/mol. The van der Waals surface area contributed by atoms with Gasteiger partial charge in [-0.2, -0.15) is 0 Å². The molecule has 2 heterocycles. The van der Waals surface area contributed by atoms with Gasteiger partial charge >= 0.3 is 0 Å². The van der Waals surface area contributed by atoms with E-state index in [0.29, 0.717) is 11.4 Å². The lowest BCUT2D eigenvalue weighted by Gasteiger charge is -2.23. The van der Waals surface area contributed by atoms with Gasteiger partial charge in [0.1, 0.15) is 5.82 Å². The summed E-state index contributed by atoms with van der Waals surface area (Å²) in [5.74, 6) is 1.21. The van der Waals surface area contributed by atoms with Crippen LogP contribution in [0.15, 0.2) is 48.9 Å². The number of aryl methyl sites for hydroxylation is 2. The predicted molar refractivity (Wildman–Crippen MR) is 111 cm³/mol. The Morgan fingerprint density at radius 2 is 1.76 bits per heavy atom. The molecule has 148 valence electrons. The molecule has 1 fully saturated rings. The molecule has 4 rings (SSSR count). The lowest BCUT2D eigenvalue weighted by molar-refractivity contribution is 0.0936. The van der Waals surface area contributed by atoms with Crippen molar-refractivity contribution in [1.82, 2.24) is 25.3 Å². The highest BCUT2D eigenvalue weighted by molar-refractivity contribution is 6.00. The number of nitrogens with one attached hydrogen (secondary N) is 2. The lowest BCUT2D eigenvalue weighted by atomic mass is 10.0. The molecular formula is C22H24N6O. The molecule has 7 nitrogen and oxygen atoms in total. The Bertz CT molecular complexity index is 1010. The van der Waals surface area contributed by atoms with Crippen LogP contribution in [0.1, 0.15) is 41.0 Å². The Kier molecular flexibility index (Phi) is 5.46. The quantitative estimate of drug-likeness (QED) is 0.697. The molecule has 0 radical (unpaired) electrons. The van der Waals surface area contributed by atoms with E-state index in [1.807, 2.05) is 38.1 Å². The van der Waals surface area contributed by atoms with Crippen molar-refractivity contribution < 1.29 is 4.79 Å². The van der Waals surface area contributed by atoms with Crippen molar-refractivity contribution in [1.29, 1.82) is 0 Å². The third kappa shape index (κ3) is 4.23. The van der Waals surface area contributed by atoms with Gasteiger partial charge < -0.3 is 10.6 Å². The Morgan fingerprint density at radius 1 is 1.00 bits per heavy atom. The van der Waals surface area contributed by atoms with Crippen molar-refractivity contribution in [3.63, 3.8) is 0 Å². The molecule has 29 heavy (non-hydrogen) atoms. The molecule has 3 aromatic rings. The Hall–Kier alpha value is -3.35. The van der Waals surface area contributed by atoms with Crippen LogP contribution in [0, 0.1) is 13.8 Å². The molecule has 2 N–H and O–H groups in total. The molecule has 1 aliphatic carbocycles. The second-order valence-electron chi connectivity index (χ2n) is 7.33. The average Bonchev–Trinajstić information content (AvgIpc) is 3.17. The predicted octanol–water partition coefficient (Wildman–Crippen LogP) is 3.31. The van der Waals surface area contributed by atoms with E-state index in [2.05, 4.69) is 30.6 Å². The van der Waals surface area contributed by atoms with E-state index in [0.717, 1.165) is 42.0 Å². The van der Waals surface area contributed by atoms with Crippen LogP contribution in [0.25, 0.3) is 11.4 Å². The van der Waals surface area contributed by atoms with Gasteiger partial charge in [0.15, 0.2) is 5.82 Å². The van der Waals surface area contributed by atoms with Gasteiger partial charge in [-0.05, 0) is 45.2 Å². The maximum absolute atomic E-state index is 13.1. The minimum atomic E-state index is -0.113. The van der Waals surface area contributed by atoms with Crippen molar-refractivity contribution in [2.45, 2.75) is 45.2 Å². The number of benzene rings is 1. The van der Waals surface area contributed by atoms with Crippen LogP contribution in [-0.4, -0.2) is 37.9 Å². The summed E-state index contributed by atoms with van der Waals surface area (Å²) in [6, 6.07) is 9.34. The zero-order valence-electron chi connectivity index (χ0n) is 16.6. The second-order valence-corrected chi connectivity index (χ2v) is 7.33. The highest BCUT2D eigenvalue weighted by atomic mass is 16.1. The van der Waals surface area contributed by atoms with Gasteiger partial charge in [0, 0.05) is 30.0 Å². The fourth-order valence-electron chi connectivity index (χ4n) is 3.78. The SMILES string of the molecule is Cc1cnc(N[C@H]2CCC[C@@H]2NC(=O)c2ccccc2-c2ncccn2)c(C)n1. The fourth-order valence-corrected chi connectivity index (χ4v) is 3.78. The number of hydrogen-bond acceptors (Lipinski definition) is 6. The van der Waals surface area contributed by atoms with Crippen molar-refractivity contribution in [2.75, 3.05) is 5.32 Å². The zero-order valence-corrected chi connectivity index (χ0v) is 16.6. The maximum atomic E-state index is 13.1. The van der Waals surface area contributed by atoms with E-state index < -0.39 is 0 Å². The lowest BCUT2D eigenvalue weighted by Crippen LogP contribution is -2.43. The van der Waals surface area contributed by atoms with Gasteiger partial charge in [-0.3, -0.25) is 9.78 Å². The van der Waals surface area contributed by atoms with E-state index in [-0.39, 0.29) is 18.0 Å².